The largest absolute Gasteiger partial charge is 0.389 e. The molecule has 3 heteroatoms. The normalized spacial score (nSPS) is 22.1. The van der Waals surface area contributed by atoms with Crippen molar-refractivity contribution in [2.45, 2.75) is 44.7 Å². The van der Waals surface area contributed by atoms with E-state index >= 15 is 0 Å². The van der Waals surface area contributed by atoms with Crippen molar-refractivity contribution in [2.24, 2.45) is 5.92 Å². The third kappa shape index (κ3) is 3.63. The van der Waals surface area contributed by atoms with Gasteiger partial charge in [-0.05, 0) is 5.92 Å². The summed E-state index contributed by atoms with van der Waals surface area (Å²) >= 11 is 0. The molecule has 0 aromatic heterocycles. The Bertz CT molecular complexity index is 111. The van der Waals surface area contributed by atoms with Crippen molar-refractivity contribution in [1.82, 2.24) is 0 Å². The van der Waals surface area contributed by atoms with Gasteiger partial charge in [0.25, 0.3) is 0 Å². The second-order valence-corrected chi connectivity index (χ2v) is 3.32. The molecule has 0 radical (unpaired) electrons. The van der Waals surface area contributed by atoms with Gasteiger partial charge in [-0.25, -0.2) is 0 Å². The van der Waals surface area contributed by atoms with Crippen LogP contribution in [0.2, 0.25) is 0 Å². The minimum Gasteiger partial charge on any atom is -0.171 e. The van der Waals surface area contributed by atoms with Gasteiger partial charge in [-0.3, -0.25) is 0 Å². The molecular formula is C8H13F3. The summed E-state index contributed by atoms with van der Waals surface area (Å²) in [5.74, 6) is -0.0799. The Balaban J connectivity index is 2.24. The molecule has 0 amide bonds. The molecule has 1 aliphatic rings. The zero-order valence-corrected chi connectivity index (χ0v) is 6.45. The second kappa shape index (κ2) is 3.46. The van der Waals surface area contributed by atoms with Crippen molar-refractivity contribution in [3.05, 3.63) is 0 Å². The molecule has 66 valence electrons. The van der Waals surface area contributed by atoms with E-state index in [1.807, 2.05) is 0 Å². The quantitative estimate of drug-likeness (QED) is 0.559. The topological polar surface area (TPSA) is 0 Å². The average molecular weight is 166 g/mol. The van der Waals surface area contributed by atoms with Gasteiger partial charge in [0.15, 0.2) is 0 Å². The first-order valence-electron chi connectivity index (χ1n) is 4.15. The Kier molecular flexibility index (Phi) is 2.79. The van der Waals surface area contributed by atoms with Crippen LogP contribution in [0, 0.1) is 5.92 Å². The summed E-state index contributed by atoms with van der Waals surface area (Å²) in [4.78, 5) is 0. The van der Waals surface area contributed by atoms with E-state index in [0.29, 0.717) is 0 Å². The summed E-state index contributed by atoms with van der Waals surface area (Å²) in [5, 5.41) is 0. The summed E-state index contributed by atoms with van der Waals surface area (Å²) in [7, 11) is 0. The third-order valence-corrected chi connectivity index (χ3v) is 2.24. The summed E-state index contributed by atoms with van der Waals surface area (Å²) in [6.07, 6.45) is 0.143. The molecule has 1 fully saturated rings. The van der Waals surface area contributed by atoms with Crippen molar-refractivity contribution >= 4 is 0 Å². The van der Waals surface area contributed by atoms with Gasteiger partial charge in [-0.15, -0.1) is 0 Å². The van der Waals surface area contributed by atoms with Crippen molar-refractivity contribution in [3.8, 4) is 0 Å². The van der Waals surface area contributed by atoms with E-state index in [9.17, 15) is 13.2 Å². The Morgan fingerprint density at radius 2 is 1.55 bits per heavy atom. The van der Waals surface area contributed by atoms with E-state index < -0.39 is 12.6 Å². The van der Waals surface area contributed by atoms with E-state index in [1.54, 1.807) is 0 Å². The SMILES string of the molecule is FC(F)(F)CC1CCCCC1. The fraction of sp³-hybridized carbons (Fsp3) is 1.00. The van der Waals surface area contributed by atoms with Gasteiger partial charge in [0, 0.05) is 6.42 Å². The van der Waals surface area contributed by atoms with E-state index in [4.69, 9.17) is 0 Å². The Labute approximate surface area is 64.8 Å². The molecule has 0 unspecified atom stereocenters. The highest BCUT2D eigenvalue weighted by molar-refractivity contribution is 4.68. The van der Waals surface area contributed by atoms with E-state index in [0.717, 1.165) is 32.1 Å². The van der Waals surface area contributed by atoms with Crippen LogP contribution in [0.1, 0.15) is 38.5 Å². The first kappa shape index (κ1) is 8.88. The number of alkyl halides is 3. The van der Waals surface area contributed by atoms with Gasteiger partial charge >= 0.3 is 6.18 Å². The Morgan fingerprint density at radius 1 is 1.00 bits per heavy atom. The molecule has 0 atom stereocenters. The maximum atomic E-state index is 11.8. The van der Waals surface area contributed by atoms with Crippen LogP contribution >= 0.6 is 0 Å². The van der Waals surface area contributed by atoms with Crippen molar-refractivity contribution in [1.29, 1.82) is 0 Å². The molecule has 0 spiro atoms. The standard InChI is InChI=1S/C8H13F3/c9-8(10,11)6-7-4-2-1-3-5-7/h7H,1-6H2. The van der Waals surface area contributed by atoms with Gasteiger partial charge in [0.05, 0.1) is 0 Å². The monoisotopic (exact) mass is 166 g/mol. The highest BCUT2D eigenvalue weighted by Crippen LogP contribution is 2.33. The van der Waals surface area contributed by atoms with E-state index in [2.05, 4.69) is 0 Å². The predicted octanol–water partition coefficient (Wildman–Crippen LogP) is 3.52. The number of hydrogen-bond donors (Lipinski definition) is 0. The van der Waals surface area contributed by atoms with Crippen LogP contribution in [0.15, 0.2) is 0 Å². The average Bonchev–Trinajstić information content (AvgIpc) is 1.85. The molecule has 1 aliphatic carbocycles. The fourth-order valence-electron chi connectivity index (χ4n) is 1.72. The first-order valence-corrected chi connectivity index (χ1v) is 4.15. The van der Waals surface area contributed by atoms with Gasteiger partial charge in [-0.2, -0.15) is 13.2 Å². The van der Waals surface area contributed by atoms with Gasteiger partial charge < -0.3 is 0 Å². The molecule has 1 rings (SSSR count). The van der Waals surface area contributed by atoms with Crippen LogP contribution in [-0.2, 0) is 0 Å². The maximum absolute atomic E-state index is 11.8. The summed E-state index contributed by atoms with van der Waals surface area (Å²) in [6.45, 7) is 0. The van der Waals surface area contributed by atoms with Crippen molar-refractivity contribution in [3.63, 3.8) is 0 Å². The van der Waals surface area contributed by atoms with Gasteiger partial charge in [0.2, 0.25) is 0 Å². The van der Waals surface area contributed by atoms with Gasteiger partial charge in [0.1, 0.15) is 0 Å². The highest BCUT2D eigenvalue weighted by Gasteiger charge is 2.32. The molecule has 0 N–H and O–H groups in total. The second-order valence-electron chi connectivity index (χ2n) is 3.32. The van der Waals surface area contributed by atoms with Crippen LogP contribution in [0.25, 0.3) is 0 Å². The summed E-state index contributed by atoms with van der Waals surface area (Å²) in [6, 6.07) is 0. The zero-order valence-electron chi connectivity index (χ0n) is 6.45. The van der Waals surface area contributed by atoms with Crippen molar-refractivity contribution < 1.29 is 13.2 Å². The molecule has 0 aromatic carbocycles. The lowest BCUT2D eigenvalue weighted by atomic mass is 9.87. The van der Waals surface area contributed by atoms with Crippen LogP contribution in [0.3, 0.4) is 0 Å². The Morgan fingerprint density at radius 3 is 2.00 bits per heavy atom. The van der Waals surface area contributed by atoms with E-state index in [1.165, 1.54) is 0 Å². The molecule has 1 saturated carbocycles. The third-order valence-electron chi connectivity index (χ3n) is 2.24. The molecule has 0 saturated heterocycles. The molecule has 11 heavy (non-hydrogen) atoms. The lowest BCUT2D eigenvalue weighted by Crippen LogP contribution is -2.17. The maximum Gasteiger partial charge on any atom is 0.389 e. The van der Waals surface area contributed by atoms with Crippen LogP contribution in [0.5, 0.6) is 0 Å². The summed E-state index contributed by atoms with van der Waals surface area (Å²) in [5.41, 5.74) is 0. The number of rotatable bonds is 1. The Hall–Kier alpha value is -0.210. The molecule has 0 aromatic rings. The molecule has 0 heterocycles. The van der Waals surface area contributed by atoms with Crippen LogP contribution in [0.4, 0.5) is 13.2 Å². The molecule has 0 nitrogen and oxygen atoms in total. The first-order chi connectivity index (χ1) is 5.08. The molecular weight excluding hydrogens is 153 g/mol. The lowest BCUT2D eigenvalue weighted by molar-refractivity contribution is -0.146. The smallest absolute Gasteiger partial charge is 0.171 e. The highest BCUT2D eigenvalue weighted by atomic mass is 19.4. The van der Waals surface area contributed by atoms with Gasteiger partial charge in [-0.1, -0.05) is 32.1 Å². The zero-order chi connectivity index (χ0) is 8.32. The van der Waals surface area contributed by atoms with E-state index in [-0.39, 0.29) is 5.92 Å². The van der Waals surface area contributed by atoms with Crippen LogP contribution < -0.4 is 0 Å². The fourth-order valence-corrected chi connectivity index (χ4v) is 1.72. The minimum absolute atomic E-state index is 0.0799. The number of hydrogen-bond acceptors (Lipinski definition) is 0. The molecule has 0 bridgehead atoms. The lowest BCUT2D eigenvalue weighted by Gasteiger charge is -2.22. The predicted molar refractivity (Wildman–Crippen MR) is 37.2 cm³/mol. The summed E-state index contributed by atoms with van der Waals surface area (Å²) < 4.78 is 35.5. The van der Waals surface area contributed by atoms with Crippen molar-refractivity contribution in [2.75, 3.05) is 0 Å². The number of halogens is 3. The molecule has 0 aliphatic heterocycles. The van der Waals surface area contributed by atoms with Crippen LogP contribution in [-0.4, -0.2) is 6.18 Å². The minimum atomic E-state index is -3.94.